The molecule has 5 heteroatoms. The van der Waals surface area contributed by atoms with Crippen LogP contribution in [0.4, 0.5) is 0 Å². The third kappa shape index (κ3) is 4.35. The predicted octanol–water partition coefficient (Wildman–Crippen LogP) is 2.84. The third-order valence-corrected chi connectivity index (χ3v) is 4.76. The summed E-state index contributed by atoms with van der Waals surface area (Å²) in [5.74, 6) is 1.61. The van der Waals surface area contributed by atoms with Crippen molar-refractivity contribution in [3.63, 3.8) is 0 Å². The van der Waals surface area contributed by atoms with Gasteiger partial charge >= 0.3 is 0 Å². The largest absolute Gasteiger partial charge is 0.496 e. The minimum absolute atomic E-state index is 0.0401. The number of hydrogen-bond donors (Lipinski definition) is 0. The van der Waals surface area contributed by atoms with Crippen LogP contribution in [0.2, 0.25) is 0 Å². The maximum absolute atomic E-state index is 12.7. The van der Waals surface area contributed by atoms with Crippen LogP contribution >= 0.6 is 0 Å². The molecular weight excluding hydrogens is 328 g/mol. The minimum atomic E-state index is 0.0401. The van der Waals surface area contributed by atoms with E-state index in [0.29, 0.717) is 17.9 Å². The standard InChI is InChI=1S/C21H26N2O3/c1-17-7-3-5-9-19(17)26-16-15-22-11-13-23(14-12-22)21(24)18-8-4-6-10-20(18)25-2/h3-10H,11-16H2,1-2H3. The zero-order chi connectivity index (χ0) is 18.4. The first-order valence-corrected chi connectivity index (χ1v) is 9.02. The van der Waals surface area contributed by atoms with Crippen LogP contribution in [0.25, 0.3) is 0 Å². The zero-order valence-corrected chi connectivity index (χ0v) is 15.5. The van der Waals surface area contributed by atoms with Crippen molar-refractivity contribution in [3.8, 4) is 11.5 Å². The molecule has 2 aromatic rings. The summed E-state index contributed by atoms with van der Waals surface area (Å²) in [4.78, 5) is 17.0. The van der Waals surface area contributed by atoms with Crippen LogP contribution in [-0.4, -0.2) is 62.1 Å². The van der Waals surface area contributed by atoms with Crippen LogP contribution in [-0.2, 0) is 0 Å². The van der Waals surface area contributed by atoms with Gasteiger partial charge in [0.25, 0.3) is 5.91 Å². The highest BCUT2D eigenvalue weighted by Crippen LogP contribution is 2.20. The molecule has 2 aromatic carbocycles. The number of rotatable bonds is 6. The first-order chi connectivity index (χ1) is 12.7. The smallest absolute Gasteiger partial charge is 0.257 e. The fourth-order valence-corrected chi connectivity index (χ4v) is 3.17. The molecule has 1 fully saturated rings. The molecule has 0 radical (unpaired) electrons. The van der Waals surface area contributed by atoms with Gasteiger partial charge in [0.05, 0.1) is 12.7 Å². The van der Waals surface area contributed by atoms with E-state index in [-0.39, 0.29) is 5.91 Å². The van der Waals surface area contributed by atoms with Crippen molar-refractivity contribution in [2.45, 2.75) is 6.92 Å². The lowest BCUT2D eigenvalue weighted by Gasteiger charge is -2.34. The van der Waals surface area contributed by atoms with Crippen molar-refractivity contribution < 1.29 is 14.3 Å². The summed E-state index contributed by atoms with van der Waals surface area (Å²) < 4.78 is 11.2. The van der Waals surface area contributed by atoms with Gasteiger partial charge in [0, 0.05) is 32.7 Å². The van der Waals surface area contributed by atoms with Crippen LogP contribution in [0, 0.1) is 6.92 Å². The van der Waals surface area contributed by atoms with Gasteiger partial charge in [-0.2, -0.15) is 0 Å². The van der Waals surface area contributed by atoms with E-state index in [9.17, 15) is 4.79 Å². The number of aryl methyl sites for hydroxylation is 1. The Labute approximate surface area is 155 Å². The van der Waals surface area contributed by atoms with E-state index in [1.54, 1.807) is 7.11 Å². The van der Waals surface area contributed by atoms with E-state index >= 15 is 0 Å². The average Bonchev–Trinajstić information content (AvgIpc) is 2.69. The molecule has 0 N–H and O–H groups in total. The maximum atomic E-state index is 12.7. The Hall–Kier alpha value is -2.53. The summed E-state index contributed by atoms with van der Waals surface area (Å²) >= 11 is 0. The van der Waals surface area contributed by atoms with Crippen LogP contribution in [0.15, 0.2) is 48.5 Å². The van der Waals surface area contributed by atoms with Gasteiger partial charge in [-0.1, -0.05) is 30.3 Å². The van der Waals surface area contributed by atoms with Crippen LogP contribution in [0.1, 0.15) is 15.9 Å². The quantitative estimate of drug-likeness (QED) is 0.800. The number of methoxy groups -OCH3 is 1. The van der Waals surface area contributed by atoms with Gasteiger partial charge in [0.15, 0.2) is 0 Å². The molecule has 1 aliphatic heterocycles. The lowest BCUT2D eigenvalue weighted by molar-refractivity contribution is 0.0617. The molecule has 0 bridgehead atoms. The second-order valence-corrected chi connectivity index (χ2v) is 6.45. The van der Waals surface area contributed by atoms with Crippen LogP contribution in [0.5, 0.6) is 11.5 Å². The Morgan fingerprint density at radius 2 is 1.62 bits per heavy atom. The van der Waals surface area contributed by atoms with E-state index in [0.717, 1.165) is 44.0 Å². The Morgan fingerprint density at radius 3 is 2.31 bits per heavy atom. The number of para-hydroxylation sites is 2. The topological polar surface area (TPSA) is 42.0 Å². The predicted molar refractivity (Wildman–Crippen MR) is 102 cm³/mol. The second-order valence-electron chi connectivity index (χ2n) is 6.45. The molecule has 0 saturated carbocycles. The third-order valence-electron chi connectivity index (χ3n) is 4.76. The van der Waals surface area contributed by atoms with Crippen molar-refractivity contribution >= 4 is 5.91 Å². The summed E-state index contributed by atoms with van der Waals surface area (Å²) in [6.07, 6.45) is 0. The highest BCUT2D eigenvalue weighted by atomic mass is 16.5. The average molecular weight is 354 g/mol. The highest BCUT2D eigenvalue weighted by molar-refractivity contribution is 5.97. The lowest BCUT2D eigenvalue weighted by atomic mass is 10.1. The van der Waals surface area contributed by atoms with Gasteiger partial charge in [-0.15, -0.1) is 0 Å². The first-order valence-electron chi connectivity index (χ1n) is 9.02. The van der Waals surface area contributed by atoms with E-state index in [1.165, 1.54) is 0 Å². The fourth-order valence-electron chi connectivity index (χ4n) is 3.17. The molecular formula is C21H26N2O3. The van der Waals surface area contributed by atoms with Crippen LogP contribution in [0.3, 0.4) is 0 Å². The monoisotopic (exact) mass is 354 g/mol. The number of piperazine rings is 1. The summed E-state index contributed by atoms with van der Waals surface area (Å²) in [7, 11) is 1.60. The van der Waals surface area contributed by atoms with Gasteiger partial charge in [0.2, 0.25) is 0 Å². The van der Waals surface area contributed by atoms with Gasteiger partial charge < -0.3 is 14.4 Å². The Kier molecular flexibility index (Phi) is 6.12. The van der Waals surface area contributed by atoms with Crippen molar-refractivity contribution in [3.05, 3.63) is 59.7 Å². The minimum Gasteiger partial charge on any atom is -0.496 e. The molecule has 1 heterocycles. The van der Waals surface area contributed by atoms with Crippen molar-refractivity contribution in [2.24, 2.45) is 0 Å². The summed E-state index contributed by atoms with van der Waals surface area (Å²) in [5, 5.41) is 0. The molecule has 1 amide bonds. The van der Waals surface area contributed by atoms with Crippen molar-refractivity contribution in [1.29, 1.82) is 0 Å². The zero-order valence-electron chi connectivity index (χ0n) is 15.5. The molecule has 0 atom stereocenters. The highest BCUT2D eigenvalue weighted by Gasteiger charge is 2.23. The molecule has 1 aliphatic rings. The second kappa shape index (κ2) is 8.72. The lowest BCUT2D eigenvalue weighted by Crippen LogP contribution is -2.49. The number of carbonyl (C=O) groups is 1. The maximum Gasteiger partial charge on any atom is 0.257 e. The molecule has 0 spiro atoms. The van der Waals surface area contributed by atoms with E-state index < -0.39 is 0 Å². The normalized spacial score (nSPS) is 14.9. The molecule has 138 valence electrons. The Morgan fingerprint density at radius 1 is 0.962 bits per heavy atom. The van der Waals surface area contributed by atoms with Gasteiger partial charge in [-0.3, -0.25) is 9.69 Å². The number of amides is 1. The summed E-state index contributed by atoms with van der Waals surface area (Å²) in [5.41, 5.74) is 1.78. The van der Waals surface area contributed by atoms with E-state index in [1.807, 2.05) is 47.4 Å². The summed E-state index contributed by atoms with van der Waals surface area (Å²) in [6, 6.07) is 15.5. The molecule has 1 saturated heterocycles. The number of benzene rings is 2. The molecule has 0 unspecified atom stereocenters. The van der Waals surface area contributed by atoms with Crippen molar-refractivity contribution in [2.75, 3.05) is 46.4 Å². The first kappa shape index (κ1) is 18.3. The van der Waals surface area contributed by atoms with E-state index in [2.05, 4.69) is 17.9 Å². The molecule has 0 aromatic heterocycles. The molecule has 3 rings (SSSR count). The SMILES string of the molecule is COc1ccccc1C(=O)N1CCN(CCOc2ccccc2C)CC1. The van der Waals surface area contributed by atoms with Gasteiger partial charge in [0.1, 0.15) is 18.1 Å². The number of ether oxygens (including phenoxy) is 2. The Balaban J connectivity index is 1.47. The van der Waals surface area contributed by atoms with Crippen molar-refractivity contribution in [1.82, 2.24) is 9.80 Å². The molecule has 26 heavy (non-hydrogen) atoms. The number of carbonyl (C=O) groups excluding carboxylic acids is 1. The fraction of sp³-hybridized carbons (Fsp3) is 0.381. The molecule has 0 aliphatic carbocycles. The number of hydrogen-bond acceptors (Lipinski definition) is 4. The molecule has 5 nitrogen and oxygen atoms in total. The van der Waals surface area contributed by atoms with Gasteiger partial charge in [-0.25, -0.2) is 0 Å². The Bertz CT molecular complexity index is 740. The van der Waals surface area contributed by atoms with E-state index in [4.69, 9.17) is 9.47 Å². The van der Waals surface area contributed by atoms with Crippen LogP contribution < -0.4 is 9.47 Å². The number of nitrogens with zero attached hydrogens (tertiary/aromatic N) is 2. The summed E-state index contributed by atoms with van der Waals surface area (Å²) in [6.45, 7) is 6.74. The van der Waals surface area contributed by atoms with Gasteiger partial charge in [-0.05, 0) is 30.7 Å².